The Morgan fingerprint density at radius 3 is 1.91 bits per heavy atom. The average molecular weight is 632 g/mol. The first kappa shape index (κ1) is 31.3. The van der Waals surface area contributed by atoms with Crippen molar-refractivity contribution in [2.24, 2.45) is 0 Å². The first-order valence-corrected chi connectivity index (χ1v) is 15.5. The van der Waals surface area contributed by atoms with Gasteiger partial charge in [-0.1, -0.05) is 84.4 Å². The summed E-state index contributed by atoms with van der Waals surface area (Å²) in [7, 11) is 0. The molecule has 5 aromatic rings. The Morgan fingerprint density at radius 2 is 1.31 bits per heavy atom. The highest BCUT2D eigenvalue weighted by atomic mass is 35.5. The van der Waals surface area contributed by atoms with Crippen molar-refractivity contribution in [2.75, 3.05) is 10.2 Å². The Kier molecular flexibility index (Phi) is 10.5. The molecule has 0 bridgehead atoms. The fourth-order valence-corrected chi connectivity index (χ4v) is 5.60. The van der Waals surface area contributed by atoms with Crippen molar-refractivity contribution in [3.8, 4) is 0 Å². The largest absolute Gasteiger partial charge is 0.321 e. The first-order chi connectivity index (χ1) is 21.9. The number of hydrogen-bond acceptors (Lipinski definition) is 4. The molecule has 0 saturated heterocycles. The van der Waals surface area contributed by atoms with Crippen LogP contribution >= 0.6 is 23.4 Å². The van der Waals surface area contributed by atoms with Crippen molar-refractivity contribution < 1.29 is 14.4 Å². The number of nitrogens with one attached hydrogen (secondary N) is 2. The molecule has 1 unspecified atom stereocenters. The van der Waals surface area contributed by atoms with E-state index in [9.17, 15) is 14.4 Å². The van der Waals surface area contributed by atoms with E-state index in [1.807, 2.05) is 85.8 Å². The molecule has 224 valence electrons. The highest BCUT2D eigenvalue weighted by Crippen LogP contribution is 2.32. The number of carbonyl (C=O) groups is 3. The number of rotatable bonds is 10. The number of anilines is 3. The monoisotopic (exact) mass is 631 g/mol. The van der Waals surface area contributed by atoms with E-state index in [4.69, 9.17) is 11.6 Å². The Balaban J connectivity index is 1.34. The maximum Gasteiger partial charge on any atom is 0.272 e. The van der Waals surface area contributed by atoms with Crippen molar-refractivity contribution in [1.82, 2.24) is 5.32 Å². The SMILES string of the molecule is CC(Sc1cccc(NC(=O)/C(=C\c2ccc(Cl)cc2)NC(=O)c2ccccc2)c1)C(=O)N(c1ccccc1)c1ccccc1. The number of halogens is 1. The number of thioether (sulfide) groups is 1. The summed E-state index contributed by atoms with van der Waals surface area (Å²) in [5.41, 5.74) is 3.25. The molecule has 0 fully saturated rings. The molecule has 1 atom stereocenters. The van der Waals surface area contributed by atoms with Gasteiger partial charge in [-0.05, 0) is 85.3 Å². The van der Waals surface area contributed by atoms with Gasteiger partial charge in [-0.2, -0.15) is 0 Å². The fourth-order valence-electron chi connectivity index (χ4n) is 4.51. The number of amides is 3. The number of carbonyl (C=O) groups excluding carboxylic acids is 3. The standard InChI is InChI=1S/C37H30ClN3O3S/c1-26(37(44)41(31-15-7-3-8-16-31)32-17-9-4-10-18-32)45-33-19-11-14-30(25-33)39-36(43)34(24-27-20-22-29(38)23-21-27)40-35(42)28-12-5-2-6-13-28/h2-26H,1H3,(H,39,43)(H,40,42)/b34-24+. The summed E-state index contributed by atoms with van der Waals surface area (Å²) in [5, 5.41) is 5.75. The Hall–Kier alpha value is -5.11. The topological polar surface area (TPSA) is 78.5 Å². The van der Waals surface area contributed by atoms with E-state index in [1.54, 1.807) is 71.6 Å². The highest BCUT2D eigenvalue weighted by molar-refractivity contribution is 8.00. The zero-order valence-electron chi connectivity index (χ0n) is 24.4. The van der Waals surface area contributed by atoms with Gasteiger partial charge in [-0.3, -0.25) is 19.3 Å². The van der Waals surface area contributed by atoms with E-state index in [0.29, 0.717) is 21.8 Å². The van der Waals surface area contributed by atoms with Gasteiger partial charge in [0.05, 0.1) is 5.25 Å². The molecule has 3 amide bonds. The summed E-state index contributed by atoms with van der Waals surface area (Å²) in [6.45, 7) is 1.86. The highest BCUT2D eigenvalue weighted by Gasteiger charge is 2.24. The van der Waals surface area contributed by atoms with Crippen molar-refractivity contribution >= 4 is 64.2 Å². The maximum absolute atomic E-state index is 13.8. The summed E-state index contributed by atoms with van der Waals surface area (Å²) in [6, 6.07) is 41.9. The summed E-state index contributed by atoms with van der Waals surface area (Å²) in [6.07, 6.45) is 1.59. The van der Waals surface area contributed by atoms with E-state index in [0.717, 1.165) is 16.3 Å². The molecule has 0 heterocycles. The molecule has 2 N–H and O–H groups in total. The molecule has 5 rings (SSSR count). The third-order valence-electron chi connectivity index (χ3n) is 6.71. The molecule has 0 saturated carbocycles. The lowest BCUT2D eigenvalue weighted by Crippen LogP contribution is -2.32. The molecule has 6 nitrogen and oxygen atoms in total. The van der Waals surface area contributed by atoms with Crippen LogP contribution in [-0.2, 0) is 9.59 Å². The lowest BCUT2D eigenvalue weighted by molar-refractivity contribution is -0.117. The van der Waals surface area contributed by atoms with Crippen LogP contribution in [0.1, 0.15) is 22.8 Å². The van der Waals surface area contributed by atoms with Crippen molar-refractivity contribution in [3.05, 3.63) is 161 Å². The third-order valence-corrected chi connectivity index (χ3v) is 8.04. The second-order valence-corrected chi connectivity index (χ2v) is 11.9. The maximum atomic E-state index is 13.8. The summed E-state index contributed by atoms with van der Waals surface area (Å²) < 4.78 is 0. The summed E-state index contributed by atoms with van der Waals surface area (Å²) in [5.74, 6) is -0.993. The minimum Gasteiger partial charge on any atom is -0.321 e. The predicted octanol–water partition coefficient (Wildman–Crippen LogP) is 8.60. The van der Waals surface area contributed by atoms with Gasteiger partial charge in [-0.15, -0.1) is 11.8 Å². The first-order valence-electron chi connectivity index (χ1n) is 14.2. The van der Waals surface area contributed by atoms with Crippen LogP contribution in [-0.4, -0.2) is 23.0 Å². The fraction of sp³-hybridized carbons (Fsp3) is 0.0541. The molecule has 45 heavy (non-hydrogen) atoms. The summed E-state index contributed by atoms with van der Waals surface area (Å²) in [4.78, 5) is 42.8. The number of hydrogen-bond donors (Lipinski definition) is 2. The minimum atomic E-state index is -0.500. The van der Waals surface area contributed by atoms with Crippen LogP contribution in [0.2, 0.25) is 5.02 Å². The van der Waals surface area contributed by atoms with Crippen LogP contribution in [0.4, 0.5) is 17.1 Å². The Bertz CT molecular complexity index is 1760. The van der Waals surface area contributed by atoms with E-state index in [1.165, 1.54) is 11.8 Å². The third kappa shape index (κ3) is 8.50. The molecule has 0 radical (unpaired) electrons. The number of benzene rings is 5. The van der Waals surface area contributed by atoms with Crippen molar-refractivity contribution in [2.45, 2.75) is 17.1 Å². The molecule has 0 aliphatic carbocycles. The Labute approximate surface area is 271 Å². The van der Waals surface area contributed by atoms with E-state index in [2.05, 4.69) is 10.6 Å². The number of para-hydroxylation sites is 2. The van der Waals surface area contributed by atoms with Gasteiger partial charge in [0.2, 0.25) is 5.91 Å². The Morgan fingerprint density at radius 1 is 0.733 bits per heavy atom. The van der Waals surface area contributed by atoms with E-state index in [-0.39, 0.29) is 11.6 Å². The smallest absolute Gasteiger partial charge is 0.272 e. The zero-order chi connectivity index (χ0) is 31.6. The van der Waals surface area contributed by atoms with Crippen LogP contribution in [0.3, 0.4) is 0 Å². The normalized spacial score (nSPS) is 11.7. The average Bonchev–Trinajstić information content (AvgIpc) is 3.07. The predicted molar refractivity (Wildman–Crippen MR) is 184 cm³/mol. The zero-order valence-corrected chi connectivity index (χ0v) is 26.0. The van der Waals surface area contributed by atoms with Gasteiger partial charge >= 0.3 is 0 Å². The number of nitrogens with zero attached hydrogens (tertiary/aromatic N) is 1. The molecule has 0 spiro atoms. The summed E-state index contributed by atoms with van der Waals surface area (Å²) >= 11 is 7.43. The molecule has 0 aliphatic rings. The molecular formula is C37H30ClN3O3S. The van der Waals surface area contributed by atoms with E-state index < -0.39 is 17.1 Å². The molecule has 0 aliphatic heterocycles. The quantitative estimate of drug-likeness (QED) is 0.120. The molecular weight excluding hydrogens is 602 g/mol. The molecule has 8 heteroatoms. The molecule has 0 aromatic heterocycles. The van der Waals surface area contributed by atoms with Crippen LogP contribution < -0.4 is 15.5 Å². The van der Waals surface area contributed by atoms with Crippen LogP contribution in [0.25, 0.3) is 6.08 Å². The van der Waals surface area contributed by atoms with Gasteiger partial charge in [0.15, 0.2) is 0 Å². The van der Waals surface area contributed by atoms with Crippen LogP contribution in [0.15, 0.2) is 150 Å². The van der Waals surface area contributed by atoms with Crippen LogP contribution in [0, 0.1) is 0 Å². The van der Waals surface area contributed by atoms with Crippen molar-refractivity contribution in [1.29, 1.82) is 0 Å². The van der Waals surface area contributed by atoms with Gasteiger partial charge in [0.1, 0.15) is 5.70 Å². The van der Waals surface area contributed by atoms with Gasteiger partial charge < -0.3 is 10.6 Å². The lowest BCUT2D eigenvalue weighted by Gasteiger charge is -2.26. The lowest BCUT2D eigenvalue weighted by atomic mass is 10.1. The molecule has 5 aromatic carbocycles. The van der Waals surface area contributed by atoms with Crippen LogP contribution in [0.5, 0.6) is 0 Å². The van der Waals surface area contributed by atoms with Gasteiger partial charge in [0, 0.05) is 32.5 Å². The second kappa shape index (κ2) is 15.1. The minimum absolute atomic E-state index is 0.0640. The second-order valence-electron chi connectivity index (χ2n) is 10.0. The van der Waals surface area contributed by atoms with Gasteiger partial charge in [-0.25, -0.2) is 0 Å². The van der Waals surface area contributed by atoms with E-state index >= 15 is 0 Å². The van der Waals surface area contributed by atoms with Gasteiger partial charge in [0.25, 0.3) is 11.8 Å². The van der Waals surface area contributed by atoms with Crippen molar-refractivity contribution in [3.63, 3.8) is 0 Å².